The van der Waals surface area contributed by atoms with Gasteiger partial charge in [-0.1, -0.05) is 18.2 Å². The van der Waals surface area contributed by atoms with Crippen LogP contribution in [0.1, 0.15) is 42.0 Å². The number of rotatable bonds is 7. The first-order chi connectivity index (χ1) is 14.2. The van der Waals surface area contributed by atoms with Crippen LogP contribution in [-0.2, 0) is 12.8 Å². The highest BCUT2D eigenvalue weighted by molar-refractivity contribution is 6.05. The van der Waals surface area contributed by atoms with E-state index in [2.05, 4.69) is 10.4 Å². The number of fused-ring (bicyclic) bond motifs is 1. The molecule has 6 heteroatoms. The molecule has 0 bridgehead atoms. The number of nitrogens with one attached hydrogen (secondary N) is 1. The first-order valence-corrected chi connectivity index (χ1v) is 10.1. The lowest BCUT2D eigenvalue weighted by Gasteiger charge is -2.13. The Hall–Kier alpha value is -3.28. The van der Waals surface area contributed by atoms with Crippen LogP contribution in [0.15, 0.2) is 48.5 Å². The highest BCUT2D eigenvalue weighted by atomic mass is 16.5. The highest BCUT2D eigenvalue weighted by Gasteiger charge is 2.27. The molecule has 1 N–H and O–H groups in total. The lowest BCUT2D eigenvalue weighted by Crippen LogP contribution is -2.16. The SMILES string of the molecule is CCOc1ccc(OCC)c(NC(=O)c2nn(-c3ccccc3)c3c2CCC3)c1. The summed E-state index contributed by atoms with van der Waals surface area (Å²) in [4.78, 5) is 13.2. The predicted molar refractivity (Wildman–Crippen MR) is 112 cm³/mol. The highest BCUT2D eigenvalue weighted by Crippen LogP contribution is 2.32. The Morgan fingerprint density at radius 3 is 2.62 bits per heavy atom. The number of ether oxygens (including phenoxy) is 2. The molecule has 1 aliphatic carbocycles. The van der Waals surface area contributed by atoms with E-state index < -0.39 is 0 Å². The maximum absolute atomic E-state index is 13.2. The van der Waals surface area contributed by atoms with Crippen molar-refractivity contribution in [1.29, 1.82) is 0 Å². The van der Waals surface area contributed by atoms with E-state index in [1.807, 2.05) is 61.0 Å². The quantitative estimate of drug-likeness (QED) is 0.648. The number of anilines is 1. The second-order valence-electron chi connectivity index (χ2n) is 6.85. The Morgan fingerprint density at radius 2 is 1.86 bits per heavy atom. The summed E-state index contributed by atoms with van der Waals surface area (Å²) in [5.41, 5.74) is 4.19. The molecule has 1 aromatic heterocycles. The van der Waals surface area contributed by atoms with E-state index in [0.29, 0.717) is 36.1 Å². The van der Waals surface area contributed by atoms with E-state index in [9.17, 15) is 4.79 Å². The second-order valence-corrected chi connectivity index (χ2v) is 6.85. The van der Waals surface area contributed by atoms with E-state index >= 15 is 0 Å². The second kappa shape index (κ2) is 8.39. The molecular formula is C23H25N3O3. The van der Waals surface area contributed by atoms with Crippen LogP contribution in [0.4, 0.5) is 5.69 Å². The molecule has 1 amide bonds. The van der Waals surface area contributed by atoms with Crippen molar-refractivity contribution in [1.82, 2.24) is 9.78 Å². The van der Waals surface area contributed by atoms with Crippen molar-refractivity contribution in [2.75, 3.05) is 18.5 Å². The van der Waals surface area contributed by atoms with Crippen LogP contribution in [-0.4, -0.2) is 28.9 Å². The fourth-order valence-electron chi connectivity index (χ4n) is 3.73. The molecule has 4 rings (SSSR count). The van der Waals surface area contributed by atoms with Crippen molar-refractivity contribution in [3.8, 4) is 17.2 Å². The summed E-state index contributed by atoms with van der Waals surface area (Å²) in [6.07, 6.45) is 2.82. The average molecular weight is 391 g/mol. The van der Waals surface area contributed by atoms with Crippen LogP contribution in [0, 0.1) is 0 Å². The van der Waals surface area contributed by atoms with Gasteiger partial charge in [-0.2, -0.15) is 5.10 Å². The third-order valence-electron chi connectivity index (χ3n) is 4.96. The summed E-state index contributed by atoms with van der Waals surface area (Å²) in [6, 6.07) is 15.4. The fraction of sp³-hybridized carbons (Fsp3) is 0.304. The van der Waals surface area contributed by atoms with Crippen molar-refractivity contribution in [2.24, 2.45) is 0 Å². The van der Waals surface area contributed by atoms with Gasteiger partial charge in [0.15, 0.2) is 5.69 Å². The molecule has 150 valence electrons. The van der Waals surface area contributed by atoms with Crippen molar-refractivity contribution in [3.05, 3.63) is 65.5 Å². The molecule has 29 heavy (non-hydrogen) atoms. The molecule has 2 aromatic carbocycles. The number of carbonyl (C=O) groups excluding carboxylic acids is 1. The minimum Gasteiger partial charge on any atom is -0.494 e. The van der Waals surface area contributed by atoms with Gasteiger partial charge in [-0.15, -0.1) is 0 Å². The van der Waals surface area contributed by atoms with Gasteiger partial charge in [0.05, 0.1) is 24.6 Å². The molecular weight excluding hydrogens is 366 g/mol. The van der Waals surface area contributed by atoms with Gasteiger partial charge in [-0.05, 0) is 57.4 Å². The lowest BCUT2D eigenvalue weighted by atomic mass is 10.2. The molecule has 0 saturated carbocycles. The van der Waals surface area contributed by atoms with Crippen LogP contribution in [0.2, 0.25) is 0 Å². The molecule has 0 radical (unpaired) electrons. The Labute approximate surface area is 170 Å². The summed E-state index contributed by atoms with van der Waals surface area (Å²) in [7, 11) is 0. The summed E-state index contributed by atoms with van der Waals surface area (Å²) in [5, 5.41) is 7.65. The number of hydrogen-bond donors (Lipinski definition) is 1. The average Bonchev–Trinajstić information content (AvgIpc) is 3.33. The van der Waals surface area contributed by atoms with Gasteiger partial charge in [0, 0.05) is 17.3 Å². The van der Waals surface area contributed by atoms with Crippen LogP contribution in [0.25, 0.3) is 5.69 Å². The van der Waals surface area contributed by atoms with E-state index in [0.717, 1.165) is 36.2 Å². The third kappa shape index (κ3) is 3.83. The van der Waals surface area contributed by atoms with Gasteiger partial charge in [0.1, 0.15) is 11.5 Å². The van der Waals surface area contributed by atoms with Gasteiger partial charge in [-0.25, -0.2) is 4.68 Å². The molecule has 0 spiro atoms. The third-order valence-corrected chi connectivity index (χ3v) is 4.96. The van der Waals surface area contributed by atoms with E-state index in [1.165, 1.54) is 0 Å². The van der Waals surface area contributed by atoms with Crippen LogP contribution < -0.4 is 14.8 Å². The van der Waals surface area contributed by atoms with Crippen LogP contribution >= 0.6 is 0 Å². The van der Waals surface area contributed by atoms with E-state index in [4.69, 9.17) is 9.47 Å². The smallest absolute Gasteiger partial charge is 0.276 e. The number of amides is 1. The largest absolute Gasteiger partial charge is 0.494 e. The maximum Gasteiger partial charge on any atom is 0.276 e. The molecule has 3 aromatic rings. The number of carbonyl (C=O) groups is 1. The summed E-state index contributed by atoms with van der Waals surface area (Å²) in [6.45, 7) is 4.90. The number of para-hydroxylation sites is 1. The van der Waals surface area contributed by atoms with Gasteiger partial charge < -0.3 is 14.8 Å². The molecule has 0 saturated heterocycles. The van der Waals surface area contributed by atoms with Crippen molar-refractivity contribution in [3.63, 3.8) is 0 Å². The summed E-state index contributed by atoms with van der Waals surface area (Å²) >= 11 is 0. The predicted octanol–water partition coefficient (Wildman–Crippen LogP) is 4.41. The molecule has 1 heterocycles. The van der Waals surface area contributed by atoms with Crippen molar-refractivity contribution < 1.29 is 14.3 Å². The standard InChI is InChI=1S/C23H25N3O3/c1-3-28-17-13-14-21(29-4-2)19(15-17)24-23(27)22-18-11-8-12-20(18)26(25-22)16-9-6-5-7-10-16/h5-7,9-10,13-15H,3-4,8,11-12H2,1-2H3,(H,24,27). The van der Waals surface area contributed by atoms with E-state index in [-0.39, 0.29) is 5.91 Å². The molecule has 0 fully saturated rings. The zero-order chi connectivity index (χ0) is 20.2. The molecule has 6 nitrogen and oxygen atoms in total. The molecule has 1 aliphatic rings. The van der Waals surface area contributed by atoms with Gasteiger partial charge in [0.25, 0.3) is 5.91 Å². The summed E-state index contributed by atoms with van der Waals surface area (Å²) in [5.74, 6) is 1.07. The van der Waals surface area contributed by atoms with E-state index in [1.54, 1.807) is 6.07 Å². The Kier molecular flexibility index (Phi) is 5.51. The number of hydrogen-bond acceptors (Lipinski definition) is 4. The number of benzene rings is 2. The maximum atomic E-state index is 13.2. The number of aromatic nitrogens is 2. The topological polar surface area (TPSA) is 65.4 Å². The Bertz CT molecular complexity index is 1010. The zero-order valence-electron chi connectivity index (χ0n) is 16.8. The first-order valence-electron chi connectivity index (χ1n) is 10.1. The van der Waals surface area contributed by atoms with Crippen molar-refractivity contribution in [2.45, 2.75) is 33.1 Å². The Morgan fingerprint density at radius 1 is 1.07 bits per heavy atom. The van der Waals surface area contributed by atoms with Crippen LogP contribution in [0.5, 0.6) is 11.5 Å². The van der Waals surface area contributed by atoms with Crippen molar-refractivity contribution >= 4 is 11.6 Å². The molecule has 0 atom stereocenters. The van der Waals surface area contributed by atoms with Gasteiger partial charge >= 0.3 is 0 Å². The van der Waals surface area contributed by atoms with Gasteiger partial charge in [0.2, 0.25) is 0 Å². The minimum atomic E-state index is -0.229. The monoisotopic (exact) mass is 391 g/mol. The van der Waals surface area contributed by atoms with Gasteiger partial charge in [-0.3, -0.25) is 4.79 Å². The zero-order valence-corrected chi connectivity index (χ0v) is 16.8. The Balaban J connectivity index is 1.67. The number of nitrogens with zero attached hydrogens (tertiary/aromatic N) is 2. The summed E-state index contributed by atoms with van der Waals surface area (Å²) < 4.78 is 13.2. The minimum absolute atomic E-state index is 0.229. The normalized spacial score (nSPS) is 12.5. The molecule has 0 aliphatic heterocycles. The lowest BCUT2D eigenvalue weighted by molar-refractivity contribution is 0.102. The fourth-order valence-corrected chi connectivity index (χ4v) is 3.73. The van der Waals surface area contributed by atoms with Crippen LogP contribution in [0.3, 0.4) is 0 Å². The molecule has 0 unspecified atom stereocenters. The first kappa shape index (κ1) is 19.1.